The van der Waals surface area contributed by atoms with Crippen molar-refractivity contribution in [2.75, 3.05) is 20.3 Å². The summed E-state index contributed by atoms with van der Waals surface area (Å²) in [4.78, 5) is 0. The molecule has 0 radical (unpaired) electrons. The standard InChI is InChI=1S/C15H23NO2/c1-5-10-18-14-9-7-6-8-13(14)11-16-15(2,3)12-17-4/h5-9,16H,1,10-12H2,2-4H3. The van der Waals surface area contributed by atoms with Gasteiger partial charge in [-0.05, 0) is 19.9 Å². The van der Waals surface area contributed by atoms with E-state index < -0.39 is 0 Å². The maximum Gasteiger partial charge on any atom is 0.124 e. The molecule has 0 aliphatic carbocycles. The molecule has 0 saturated heterocycles. The minimum absolute atomic E-state index is 0.0553. The number of methoxy groups -OCH3 is 1. The fourth-order valence-corrected chi connectivity index (χ4v) is 1.69. The molecule has 1 aromatic rings. The molecule has 3 nitrogen and oxygen atoms in total. The first kappa shape index (κ1) is 14.7. The van der Waals surface area contributed by atoms with E-state index in [-0.39, 0.29) is 5.54 Å². The average molecular weight is 249 g/mol. The Kier molecular flexibility index (Phi) is 5.89. The van der Waals surface area contributed by atoms with Crippen molar-refractivity contribution in [3.63, 3.8) is 0 Å². The molecule has 3 heteroatoms. The molecular weight excluding hydrogens is 226 g/mol. The quantitative estimate of drug-likeness (QED) is 0.719. The summed E-state index contributed by atoms with van der Waals surface area (Å²) in [5, 5.41) is 3.46. The molecule has 0 aromatic heterocycles. The summed E-state index contributed by atoms with van der Waals surface area (Å²) in [5.74, 6) is 0.901. The lowest BCUT2D eigenvalue weighted by molar-refractivity contribution is 0.127. The van der Waals surface area contributed by atoms with Crippen LogP contribution in [0, 0.1) is 0 Å². The Morgan fingerprint density at radius 3 is 2.72 bits per heavy atom. The number of hydrogen-bond donors (Lipinski definition) is 1. The summed E-state index contributed by atoms with van der Waals surface area (Å²) in [6.07, 6.45) is 1.75. The SMILES string of the molecule is C=CCOc1ccccc1CNC(C)(C)COC. The third kappa shape index (κ3) is 4.90. The van der Waals surface area contributed by atoms with Crippen LogP contribution in [0.1, 0.15) is 19.4 Å². The summed E-state index contributed by atoms with van der Waals surface area (Å²) in [6, 6.07) is 8.03. The van der Waals surface area contributed by atoms with Gasteiger partial charge in [-0.1, -0.05) is 30.9 Å². The minimum Gasteiger partial charge on any atom is -0.489 e. The van der Waals surface area contributed by atoms with E-state index in [0.717, 1.165) is 17.9 Å². The zero-order valence-electron chi connectivity index (χ0n) is 11.5. The second-order valence-electron chi connectivity index (χ2n) is 4.88. The van der Waals surface area contributed by atoms with E-state index in [0.29, 0.717) is 13.2 Å². The van der Waals surface area contributed by atoms with Crippen molar-refractivity contribution >= 4 is 0 Å². The van der Waals surface area contributed by atoms with Crippen LogP contribution < -0.4 is 10.1 Å². The summed E-state index contributed by atoms with van der Waals surface area (Å²) in [7, 11) is 1.71. The zero-order valence-corrected chi connectivity index (χ0v) is 11.5. The largest absolute Gasteiger partial charge is 0.489 e. The Balaban J connectivity index is 2.63. The maximum atomic E-state index is 5.62. The summed E-state index contributed by atoms with van der Waals surface area (Å²) >= 11 is 0. The molecule has 1 N–H and O–H groups in total. The van der Waals surface area contributed by atoms with Crippen LogP contribution in [-0.4, -0.2) is 25.9 Å². The monoisotopic (exact) mass is 249 g/mol. The number of benzene rings is 1. The van der Waals surface area contributed by atoms with E-state index in [1.807, 2.05) is 18.2 Å². The van der Waals surface area contributed by atoms with Gasteiger partial charge in [-0.3, -0.25) is 0 Å². The van der Waals surface area contributed by atoms with E-state index in [1.165, 1.54) is 0 Å². The van der Waals surface area contributed by atoms with Crippen LogP contribution in [0.2, 0.25) is 0 Å². The van der Waals surface area contributed by atoms with E-state index in [4.69, 9.17) is 9.47 Å². The lowest BCUT2D eigenvalue weighted by Gasteiger charge is -2.26. The molecule has 0 amide bonds. The first-order chi connectivity index (χ1) is 8.59. The number of hydrogen-bond acceptors (Lipinski definition) is 3. The van der Waals surface area contributed by atoms with E-state index in [9.17, 15) is 0 Å². The van der Waals surface area contributed by atoms with Crippen LogP contribution in [-0.2, 0) is 11.3 Å². The van der Waals surface area contributed by atoms with Gasteiger partial charge in [0.2, 0.25) is 0 Å². The van der Waals surface area contributed by atoms with Gasteiger partial charge in [0.05, 0.1) is 6.61 Å². The van der Waals surface area contributed by atoms with Crippen molar-refractivity contribution in [3.05, 3.63) is 42.5 Å². The second-order valence-corrected chi connectivity index (χ2v) is 4.88. The van der Waals surface area contributed by atoms with Gasteiger partial charge in [0, 0.05) is 24.8 Å². The van der Waals surface area contributed by atoms with Crippen LogP contribution >= 0.6 is 0 Å². The Morgan fingerprint density at radius 1 is 1.33 bits per heavy atom. The molecule has 0 heterocycles. The highest BCUT2D eigenvalue weighted by molar-refractivity contribution is 5.33. The van der Waals surface area contributed by atoms with E-state index >= 15 is 0 Å². The predicted octanol–water partition coefficient (Wildman–Crippen LogP) is 2.77. The zero-order chi connectivity index (χ0) is 13.4. The average Bonchev–Trinajstić information content (AvgIpc) is 2.35. The van der Waals surface area contributed by atoms with Gasteiger partial charge in [0.25, 0.3) is 0 Å². The first-order valence-electron chi connectivity index (χ1n) is 6.14. The fraction of sp³-hybridized carbons (Fsp3) is 0.467. The van der Waals surface area contributed by atoms with E-state index in [2.05, 4.69) is 31.8 Å². The summed E-state index contributed by atoms with van der Waals surface area (Å²) in [5.41, 5.74) is 1.09. The third-order valence-electron chi connectivity index (χ3n) is 2.59. The molecule has 1 aromatic carbocycles. The number of para-hydroxylation sites is 1. The highest BCUT2D eigenvalue weighted by Crippen LogP contribution is 2.18. The van der Waals surface area contributed by atoms with Gasteiger partial charge in [0.1, 0.15) is 12.4 Å². The predicted molar refractivity (Wildman–Crippen MR) is 74.9 cm³/mol. The highest BCUT2D eigenvalue weighted by atomic mass is 16.5. The molecule has 0 unspecified atom stereocenters. The second kappa shape index (κ2) is 7.19. The van der Waals surface area contributed by atoms with Gasteiger partial charge in [-0.25, -0.2) is 0 Å². The smallest absolute Gasteiger partial charge is 0.124 e. The number of ether oxygens (including phenoxy) is 2. The van der Waals surface area contributed by atoms with Gasteiger partial charge >= 0.3 is 0 Å². The Hall–Kier alpha value is -1.32. The first-order valence-corrected chi connectivity index (χ1v) is 6.14. The van der Waals surface area contributed by atoms with Crippen LogP contribution in [0.5, 0.6) is 5.75 Å². The minimum atomic E-state index is -0.0553. The fourth-order valence-electron chi connectivity index (χ4n) is 1.69. The molecule has 0 atom stereocenters. The van der Waals surface area contributed by atoms with Crippen molar-refractivity contribution in [2.45, 2.75) is 25.9 Å². The van der Waals surface area contributed by atoms with Gasteiger partial charge in [-0.2, -0.15) is 0 Å². The molecular formula is C15H23NO2. The maximum absolute atomic E-state index is 5.62. The molecule has 0 bridgehead atoms. The molecule has 18 heavy (non-hydrogen) atoms. The lowest BCUT2D eigenvalue weighted by atomic mass is 10.1. The Bertz CT molecular complexity index is 375. The third-order valence-corrected chi connectivity index (χ3v) is 2.59. The highest BCUT2D eigenvalue weighted by Gasteiger charge is 2.17. The van der Waals surface area contributed by atoms with Crippen LogP contribution in [0.15, 0.2) is 36.9 Å². The van der Waals surface area contributed by atoms with Crippen molar-refractivity contribution in [1.82, 2.24) is 5.32 Å². The van der Waals surface area contributed by atoms with Gasteiger partial charge in [0.15, 0.2) is 0 Å². The van der Waals surface area contributed by atoms with Crippen LogP contribution in [0.25, 0.3) is 0 Å². The van der Waals surface area contributed by atoms with Crippen molar-refractivity contribution < 1.29 is 9.47 Å². The normalized spacial score (nSPS) is 11.3. The van der Waals surface area contributed by atoms with Gasteiger partial charge < -0.3 is 14.8 Å². The molecule has 0 fully saturated rings. The van der Waals surface area contributed by atoms with Gasteiger partial charge in [-0.15, -0.1) is 0 Å². The molecule has 100 valence electrons. The van der Waals surface area contributed by atoms with Crippen molar-refractivity contribution in [3.8, 4) is 5.75 Å². The number of rotatable bonds is 8. The van der Waals surface area contributed by atoms with Crippen molar-refractivity contribution in [2.24, 2.45) is 0 Å². The summed E-state index contributed by atoms with van der Waals surface area (Å²) in [6.45, 7) is 9.84. The van der Waals surface area contributed by atoms with E-state index in [1.54, 1.807) is 13.2 Å². The topological polar surface area (TPSA) is 30.5 Å². The number of nitrogens with one attached hydrogen (secondary N) is 1. The Labute approximate surface area is 110 Å². The molecule has 0 aliphatic heterocycles. The molecule has 0 saturated carbocycles. The molecule has 0 aliphatic rings. The van der Waals surface area contributed by atoms with Crippen LogP contribution in [0.3, 0.4) is 0 Å². The molecule has 1 rings (SSSR count). The lowest BCUT2D eigenvalue weighted by Crippen LogP contribution is -2.42. The Morgan fingerprint density at radius 2 is 2.06 bits per heavy atom. The molecule has 0 spiro atoms. The van der Waals surface area contributed by atoms with Crippen LogP contribution in [0.4, 0.5) is 0 Å². The van der Waals surface area contributed by atoms with Crippen molar-refractivity contribution in [1.29, 1.82) is 0 Å². The summed E-state index contributed by atoms with van der Waals surface area (Å²) < 4.78 is 10.8.